The molecule has 8 heteroatoms. The van der Waals surface area contributed by atoms with Gasteiger partial charge in [0.25, 0.3) is 5.91 Å². The number of ether oxygens (including phenoxy) is 1. The number of para-hydroxylation sites is 2. The summed E-state index contributed by atoms with van der Waals surface area (Å²) in [6.07, 6.45) is 0. The molecule has 0 aliphatic carbocycles. The van der Waals surface area contributed by atoms with Crippen LogP contribution < -0.4 is 20.7 Å². The fourth-order valence-corrected chi connectivity index (χ4v) is 2.58. The molecule has 0 saturated heterocycles. The van der Waals surface area contributed by atoms with Crippen LogP contribution in [0.4, 0.5) is 22.9 Å². The monoisotopic (exact) mass is 391 g/mol. The Morgan fingerprint density at radius 2 is 1.69 bits per heavy atom. The number of anilines is 4. The van der Waals surface area contributed by atoms with Gasteiger partial charge in [-0.2, -0.15) is 0 Å². The van der Waals surface area contributed by atoms with Crippen molar-refractivity contribution >= 4 is 34.7 Å². The van der Waals surface area contributed by atoms with E-state index in [4.69, 9.17) is 4.74 Å². The number of carbonyl (C=O) groups is 2. The van der Waals surface area contributed by atoms with Crippen molar-refractivity contribution in [1.29, 1.82) is 0 Å². The van der Waals surface area contributed by atoms with Crippen molar-refractivity contribution in [3.63, 3.8) is 0 Å². The highest BCUT2D eigenvalue weighted by Gasteiger charge is 2.10. The lowest BCUT2D eigenvalue weighted by Gasteiger charge is -2.11. The standard InChI is InChI=1S/C21H21N5O3/c1-3-29-19-10-5-4-9-17(19)24-20-12-11-18(25-26-20)21(28)23-16-8-6-7-15(13-16)22-14(2)27/h4-13H,3H2,1-2H3,(H,22,27)(H,23,28)(H,24,26). The molecule has 2 amide bonds. The second-order valence-electron chi connectivity index (χ2n) is 6.07. The van der Waals surface area contributed by atoms with Gasteiger partial charge in [-0.05, 0) is 49.4 Å². The molecule has 0 aliphatic heterocycles. The second kappa shape index (κ2) is 9.32. The molecule has 148 valence electrons. The highest BCUT2D eigenvalue weighted by atomic mass is 16.5. The minimum Gasteiger partial charge on any atom is -0.492 e. The lowest BCUT2D eigenvalue weighted by Crippen LogP contribution is -2.15. The van der Waals surface area contributed by atoms with Gasteiger partial charge in [0.15, 0.2) is 11.5 Å². The number of aromatic nitrogens is 2. The summed E-state index contributed by atoms with van der Waals surface area (Å²) in [7, 11) is 0. The van der Waals surface area contributed by atoms with Crippen molar-refractivity contribution in [2.24, 2.45) is 0 Å². The van der Waals surface area contributed by atoms with Crippen molar-refractivity contribution in [3.05, 3.63) is 66.4 Å². The second-order valence-corrected chi connectivity index (χ2v) is 6.07. The van der Waals surface area contributed by atoms with Gasteiger partial charge in [-0.3, -0.25) is 9.59 Å². The topological polar surface area (TPSA) is 105 Å². The van der Waals surface area contributed by atoms with Gasteiger partial charge in [-0.25, -0.2) is 0 Å². The van der Waals surface area contributed by atoms with Crippen molar-refractivity contribution in [1.82, 2.24) is 10.2 Å². The Hall–Kier alpha value is -3.94. The van der Waals surface area contributed by atoms with Crippen LogP contribution in [0.1, 0.15) is 24.3 Å². The van der Waals surface area contributed by atoms with Crippen molar-refractivity contribution in [2.75, 3.05) is 22.6 Å². The summed E-state index contributed by atoms with van der Waals surface area (Å²) in [5, 5.41) is 16.6. The Balaban J connectivity index is 1.67. The fraction of sp³-hybridized carbons (Fsp3) is 0.143. The number of hydrogen-bond donors (Lipinski definition) is 3. The summed E-state index contributed by atoms with van der Waals surface area (Å²) in [6, 6.07) is 17.6. The zero-order valence-electron chi connectivity index (χ0n) is 16.1. The van der Waals surface area contributed by atoms with E-state index < -0.39 is 5.91 Å². The van der Waals surface area contributed by atoms with E-state index in [-0.39, 0.29) is 11.6 Å². The smallest absolute Gasteiger partial charge is 0.276 e. The van der Waals surface area contributed by atoms with Crippen LogP contribution in [-0.2, 0) is 4.79 Å². The van der Waals surface area contributed by atoms with E-state index in [1.54, 1.807) is 36.4 Å². The summed E-state index contributed by atoms with van der Waals surface area (Å²) >= 11 is 0. The molecule has 3 aromatic rings. The van der Waals surface area contributed by atoms with Gasteiger partial charge in [0, 0.05) is 18.3 Å². The first-order valence-electron chi connectivity index (χ1n) is 9.06. The molecule has 0 atom stereocenters. The van der Waals surface area contributed by atoms with Crippen LogP contribution in [0.5, 0.6) is 5.75 Å². The maximum absolute atomic E-state index is 12.4. The first kappa shape index (κ1) is 19.8. The van der Waals surface area contributed by atoms with Crippen LogP contribution in [0.3, 0.4) is 0 Å². The Kier molecular flexibility index (Phi) is 6.36. The van der Waals surface area contributed by atoms with Crippen LogP contribution in [0.15, 0.2) is 60.7 Å². The predicted molar refractivity (Wildman–Crippen MR) is 112 cm³/mol. The van der Waals surface area contributed by atoms with E-state index in [2.05, 4.69) is 26.1 Å². The predicted octanol–water partition coefficient (Wildman–Crippen LogP) is 3.83. The number of amides is 2. The highest BCUT2D eigenvalue weighted by molar-refractivity contribution is 6.03. The van der Waals surface area contributed by atoms with Crippen molar-refractivity contribution < 1.29 is 14.3 Å². The van der Waals surface area contributed by atoms with Crippen molar-refractivity contribution in [2.45, 2.75) is 13.8 Å². The molecule has 3 rings (SSSR count). The zero-order chi connectivity index (χ0) is 20.6. The van der Waals surface area contributed by atoms with Crippen LogP contribution in [-0.4, -0.2) is 28.6 Å². The zero-order valence-corrected chi connectivity index (χ0v) is 16.1. The fourth-order valence-electron chi connectivity index (χ4n) is 2.58. The molecule has 2 aromatic carbocycles. The Labute approximate surface area is 168 Å². The van der Waals surface area contributed by atoms with Gasteiger partial charge in [0.1, 0.15) is 5.75 Å². The molecule has 0 fully saturated rings. The third kappa shape index (κ3) is 5.52. The van der Waals surface area contributed by atoms with Crippen molar-refractivity contribution in [3.8, 4) is 5.75 Å². The quantitative estimate of drug-likeness (QED) is 0.565. The van der Waals surface area contributed by atoms with Crippen LogP contribution in [0.2, 0.25) is 0 Å². The molecular weight excluding hydrogens is 370 g/mol. The van der Waals surface area contributed by atoms with E-state index in [0.29, 0.717) is 29.5 Å². The number of benzene rings is 2. The molecule has 1 heterocycles. The van der Waals surface area contributed by atoms with Gasteiger partial charge in [-0.1, -0.05) is 18.2 Å². The summed E-state index contributed by atoms with van der Waals surface area (Å²) in [5.41, 5.74) is 2.05. The molecule has 3 N–H and O–H groups in total. The third-order valence-electron chi connectivity index (χ3n) is 3.79. The minimum absolute atomic E-state index is 0.165. The normalized spacial score (nSPS) is 10.1. The number of nitrogens with zero attached hydrogens (tertiary/aromatic N) is 2. The van der Waals surface area contributed by atoms with Crippen LogP contribution >= 0.6 is 0 Å². The van der Waals surface area contributed by atoms with E-state index in [0.717, 1.165) is 5.69 Å². The van der Waals surface area contributed by atoms with Crippen LogP contribution in [0.25, 0.3) is 0 Å². The molecule has 0 radical (unpaired) electrons. The first-order valence-corrected chi connectivity index (χ1v) is 9.06. The summed E-state index contributed by atoms with van der Waals surface area (Å²) < 4.78 is 5.57. The van der Waals surface area contributed by atoms with Gasteiger partial charge < -0.3 is 20.7 Å². The Morgan fingerprint density at radius 3 is 2.38 bits per heavy atom. The molecule has 0 saturated carbocycles. The average Bonchev–Trinajstić information content (AvgIpc) is 2.70. The number of nitrogens with one attached hydrogen (secondary N) is 3. The molecular formula is C21H21N5O3. The van der Waals surface area contributed by atoms with Gasteiger partial charge in [0.05, 0.1) is 12.3 Å². The molecule has 0 unspecified atom stereocenters. The lowest BCUT2D eigenvalue weighted by molar-refractivity contribution is -0.114. The van der Waals surface area contributed by atoms with E-state index in [1.165, 1.54) is 6.92 Å². The molecule has 0 spiro atoms. The molecule has 1 aromatic heterocycles. The molecule has 29 heavy (non-hydrogen) atoms. The van der Waals surface area contributed by atoms with Gasteiger partial charge in [0.2, 0.25) is 5.91 Å². The van der Waals surface area contributed by atoms with E-state index in [1.807, 2.05) is 31.2 Å². The molecule has 0 aliphatic rings. The van der Waals surface area contributed by atoms with Gasteiger partial charge >= 0.3 is 0 Å². The Bertz CT molecular complexity index is 1010. The first-order chi connectivity index (χ1) is 14.0. The maximum atomic E-state index is 12.4. The minimum atomic E-state index is -0.404. The number of rotatable bonds is 7. The number of carbonyl (C=O) groups excluding carboxylic acids is 2. The summed E-state index contributed by atoms with van der Waals surface area (Å²) in [4.78, 5) is 23.6. The lowest BCUT2D eigenvalue weighted by atomic mass is 10.2. The van der Waals surface area contributed by atoms with E-state index >= 15 is 0 Å². The highest BCUT2D eigenvalue weighted by Crippen LogP contribution is 2.26. The SMILES string of the molecule is CCOc1ccccc1Nc1ccc(C(=O)Nc2cccc(NC(C)=O)c2)nn1. The van der Waals surface area contributed by atoms with E-state index in [9.17, 15) is 9.59 Å². The summed E-state index contributed by atoms with van der Waals surface area (Å²) in [6.45, 7) is 3.88. The van der Waals surface area contributed by atoms with Gasteiger partial charge in [-0.15, -0.1) is 10.2 Å². The number of hydrogen-bond acceptors (Lipinski definition) is 6. The third-order valence-corrected chi connectivity index (χ3v) is 3.79. The maximum Gasteiger partial charge on any atom is 0.276 e. The molecule has 0 bridgehead atoms. The average molecular weight is 391 g/mol. The Morgan fingerprint density at radius 1 is 0.931 bits per heavy atom. The summed E-state index contributed by atoms with van der Waals surface area (Å²) in [5.74, 6) is 0.603. The van der Waals surface area contributed by atoms with Crippen LogP contribution in [0, 0.1) is 0 Å². The largest absolute Gasteiger partial charge is 0.492 e. The molecule has 8 nitrogen and oxygen atoms in total.